The molecule has 102 valence electrons. The van der Waals surface area contributed by atoms with E-state index in [4.69, 9.17) is 5.73 Å². The molecule has 4 N–H and O–H groups in total. The third kappa shape index (κ3) is 3.11. The number of nitrogens with zero attached hydrogens (tertiary/aromatic N) is 1. The second kappa shape index (κ2) is 5.83. The van der Waals surface area contributed by atoms with Crippen LogP contribution in [0, 0.1) is 0 Å². The topological polar surface area (TPSA) is 105 Å². The molecule has 0 saturated carbocycles. The maximum atomic E-state index is 12.0. The number of aromatic nitrogens is 1. The van der Waals surface area contributed by atoms with Gasteiger partial charge in [-0.3, -0.25) is 4.79 Å². The molecule has 0 aliphatic carbocycles. The van der Waals surface area contributed by atoms with Gasteiger partial charge >= 0.3 is 5.97 Å². The Balaban J connectivity index is 2.19. The van der Waals surface area contributed by atoms with Gasteiger partial charge in [0, 0.05) is 0 Å². The maximum absolute atomic E-state index is 12.0. The van der Waals surface area contributed by atoms with Crippen LogP contribution in [0.15, 0.2) is 48.7 Å². The largest absolute Gasteiger partial charge is 0.479 e. The lowest BCUT2D eigenvalue weighted by Crippen LogP contribution is -2.34. The number of rotatable bonds is 4. The molecule has 6 nitrogen and oxygen atoms in total. The van der Waals surface area contributed by atoms with Crippen LogP contribution in [0.3, 0.4) is 0 Å². The van der Waals surface area contributed by atoms with Gasteiger partial charge in [0.25, 0.3) is 5.91 Å². The van der Waals surface area contributed by atoms with E-state index in [0.717, 1.165) is 0 Å². The van der Waals surface area contributed by atoms with Gasteiger partial charge in [0.05, 0.1) is 11.9 Å². The van der Waals surface area contributed by atoms with Crippen molar-refractivity contribution in [3.8, 4) is 0 Å². The fraction of sp³-hybridized carbons (Fsp3) is 0.0714. The lowest BCUT2D eigenvalue weighted by molar-refractivity contribution is -0.139. The van der Waals surface area contributed by atoms with Crippen LogP contribution < -0.4 is 11.1 Å². The van der Waals surface area contributed by atoms with Gasteiger partial charge in [-0.15, -0.1) is 0 Å². The molecular weight excluding hydrogens is 258 g/mol. The van der Waals surface area contributed by atoms with E-state index < -0.39 is 17.9 Å². The number of hydrogen-bond donors (Lipinski definition) is 3. The summed E-state index contributed by atoms with van der Waals surface area (Å²) in [7, 11) is 0. The number of benzene rings is 1. The minimum Gasteiger partial charge on any atom is -0.479 e. The molecule has 2 rings (SSSR count). The van der Waals surface area contributed by atoms with Crippen molar-refractivity contribution < 1.29 is 14.7 Å². The Morgan fingerprint density at radius 3 is 2.40 bits per heavy atom. The molecule has 2 aromatic rings. The number of carboxylic acid groups (broad SMARTS) is 1. The standard InChI is InChI=1S/C14H13N3O3/c15-10-6-7-11(16-8-10)13(18)17-12(14(19)20)9-4-2-1-3-5-9/h1-8,12H,15H2,(H,17,18)(H,19,20). The van der Waals surface area contributed by atoms with Crippen LogP contribution >= 0.6 is 0 Å². The Kier molecular flexibility index (Phi) is 3.95. The smallest absolute Gasteiger partial charge is 0.330 e. The number of carbonyl (C=O) groups excluding carboxylic acids is 1. The van der Waals surface area contributed by atoms with Gasteiger partial charge in [-0.1, -0.05) is 30.3 Å². The first kappa shape index (κ1) is 13.5. The number of pyridine rings is 1. The molecule has 20 heavy (non-hydrogen) atoms. The number of amides is 1. The zero-order valence-corrected chi connectivity index (χ0v) is 10.5. The van der Waals surface area contributed by atoms with Crippen LogP contribution in [0.5, 0.6) is 0 Å². The molecular formula is C14H13N3O3. The third-order valence-electron chi connectivity index (χ3n) is 2.67. The van der Waals surface area contributed by atoms with E-state index >= 15 is 0 Å². The van der Waals surface area contributed by atoms with Gasteiger partial charge in [0.2, 0.25) is 0 Å². The summed E-state index contributed by atoms with van der Waals surface area (Å²) in [6.45, 7) is 0. The predicted molar refractivity (Wildman–Crippen MR) is 72.9 cm³/mol. The second-order valence-corrected chi connectivity index (χ2v) is 4.13. The Hall–Kier alpha value is -2.89. The Bertz CT molecular complexity index is 611. The highest BCUT2D eigenvalue weighted by Crippen LogP contribution is 2.13. The van der Waals surface area contributed by atoms with Crippen molar-refractivity contribution in [2.45, 2.75) is 6.04 Å². The van der Waals surface area contributed by atoms with Gasteiger partial charge in [-0.05, 0) is 17.7 Å². The number of hydrogen-bond acceptors (Lipinski definition) is 4. The monoisotopic (exact) mass is 271 g/mol. The summed E-state index contributed by atoms with van der Waals surface area (Å²) in [6, 6.07) is 10.3. The Morgan fingerprint density at radius 2 is 1.85 bits per heavy atom. The first-order chi connectivity index (χ1) is 9.58. The van der Waals surface area contributed by atoms with E-state index in [2.05, 4.69) is 10.3 Å². The summed E-state index contributed by atoms with van der Waals surface area (Å²) in [6.07, 6.45) is 1.34. The highest BCUT2D eigenvalue weighted by atomic mass is 16.4. The Morgan fingerprint density at radius 1 is 1.15 bits per heavy atom. The van der Waals surface area contributed by atoms with Crippen molar-refractivity contribution >= 4 is 17.6 Å². The average molecular weight is 271 g/mol. The summed E-state index contributed by atoms with van der Waals surface area (Å²) in [5, 5.41) is 11.6. The first-order valence-corrected chi connectivity index (χ1v) is 5.88. The molecule has 0 radical (unpaired) electrons. The Labute approximate surface area is 115 Å². The van der Waals surface area contributed by atoms with Crippen molar-refractivity contribution in [1.82, 2.24) is 10.3 Å². The molecule has 0 saturated heterocycles. The SMILES string of the molecule is Nc1ccc(C(=O)NC(C(=O)O)c2ccccc2)nc1. The van der Waals surface area contributed by atoms with Crippen LogP contribution in [-0.2, 0) is 4.79 Å². The van der Waals surface area contributed by atoms with Crippen LogP contribution in [-0.4, -0.2) is 22.0 Å². The van der Waals surface area contributed by atoms with E-state index in [9.17, 15) is 14.7 Å². The minimum absolute atomic E-state index is 0.112. The number of anilines is 1. The summed E-state index contributed by atoms with van der Waals surface area (Å²) in [4.78, 5) is 27.1. The van der Waals surface area contributed by atoms with Crippen molar-refractivity contribution in [3.05, 3.63) is 59.9 Å². The van der Waals surface area contributed by atoms with Gasteiger partial charge in [-0.2, -0.15) is 0 Å². The molecule has 0 aliphatic heterocycles. The lowest BCUT2D eigenvalue weighted by atomic mass is 10.1. The van der Waals surface area contributed by atoms with E-state index in [0.29, 0.717) is 11.3 Å². The quantitative estimate of drug-likeness (QED) is 0.775. The predicted octanol–water partition coefficient (Wildman–Crippen LogP) is 1.22. The van der Waals surface area contributed by atoms with Gasteiger partial charge < -0.3 is 16.2 Å². The van der Waals surface area contributed by atoms with Gasteiger partial charge in [0.15, 0.2) is 6.04 Å². The van der Waals surface area contributed by atoms with Crippen LogP contribution in [0.4, 0.5) is 5.69 Å². The number of aliphatic carboxylic acids is 1. The normalized spacial score (nSPS) is 11.6. The molecule has 1 atom stereocenters. The van der Waals surface area contributed by atoms with Crippen molar-refractivity contribution in [3.63, 3.8) is 0 Å². The number of carbonyl (C=O) groups is 2. The zero-order chi connectivity index (χ0) is 14.5. The lowest BCUT2D eigenvalue weighted by Gasteiger charge is -2.14. The molecule has 1 heterocycles. The van der Waals surface area contributed by atoms with Crippen molar-refractivity contribution in [2.24, 2.45) is 0 Å². The molecule has 0 spiro atoms. The number of nitrogens with two attached hydrogens (primary N) is 1. The van der Waals surface area contributed by atoms with E-state index in [1.54, 1.807) is 30.3 Å². The molecule has 0 aliphatic rings. The van der Waals surface area contributed by atoms with Crippen molar-refractivity contribution in [1.29, 1.82) is 0 Å². The summed E-state index contributed by atoms with van der Waals surface area (Å²) >= 11 is 0. The molecule has 1 unspecified atom stereocenters. The van der Waals surface area contributed by atoms with E-state index in [-0.39, 0.29) is 5.69 Å². The molecule has 1 amide bonds. The van der Waals surface area contributed by atoms with Crippen LogP contribution in [0.1, 0.15) is 22.1 Å². The van der Waals surface area contributed by atoms with Gasteiger partial charge in [0.1, 0.15) is 5.69 Å². The minimum atomic E-state index is -1.14. The van der Waals surface area contributed by atoms with Gasteiger partial charge in [-0.25, -0.2) is 9.78 Å². The molecule has 0 fully saturated rings. The van der Waals surface area contributed by atoms with Crippen LogP contribution in [0.25, 0.3) is 0 Å². The summed E-state index contributed by atoms with van der Waals surface area (Å²) < 4.78 is 0. The van der Waals surface area contributed by atoms with E-state index in [1.165, 1.54) is 18.3 Å². The highest BCUT2D eigenvalue weighted by Gasteiger charge is 2.22. The van der Waals surface area contributed by atoms with E-state index in [1.807, 2.05) is 0 Å². The molecule has 0 bridgehead atoms. The number of nitrogen functional groups attached to an aromatic ring is 1. The fourth-order valence-electron chi connectivity index (χ4n) is 1.68. The number of carboxylic acids is 1. The fourth-order valence-corrected chi connectivity index (χ4v) is 1.68. The summed E-state index contributed by atoms with van der Waals surface area (Å²) in [5.41, 5.74) is 6.51. The highest BCUT2D eigenvalue weighted by molar-refractivity contribution is 5.95. The average Bonchev–Trinajstić information content (AvgIpc) is 2.46. The van der Waals surface area contributed by atoms with Crippen LogP contribution in [0.2, 0.25) is 0 Å². The molecule has 6 heteroatoms. The zero-order valence-electron chi connectivity index (χ0n) is 10.5. The molecule has 1 aromatic carbocycles. The van der Waals surface area contributed by atoms with Crippen molar-refractivity contribution in [2.75, 3.05) is 5.73 Å². The number of nitrogens with one attached hydrogen (secondary N) is 1. The second-order valence-electron chi connectivity index (χ2n) is 4.13. The summed E-state index contributed by atoms with van der Waals surface area (Å²) in [5.74, 6) is -1.71. The third-order valence-corrected chi connectivity index (χ3v) is 2.67. The maximum Gasteiger partial charge on any atom is 0.330 e. The molecule has 1 aromatic heterocycles. The first-order valence-electron chi connectivity index (χ1n) is 5.88.